The van der Waals surface area contributed by atoms with Crippen LogP contribution in [0.15, 0.2) is 28.7 Å². The largest absolute Gasteiger partial charge is 0.445 e. The van der Waals surface area contributed by atoms with Gasteiger partial charge in [-0.3, -0.25) is 0 Å². The van der Waals surface area contributed by atoms with Crippen LogP contribution in [0.3, 0.4) is 0 Å². The van der Waals surface area contributed by atoms with E-state index < -0.39 is 0 Å². The average molecular weight is 277 g/mol. The van der Waals surface area contributed by atoms with Gasteiger partial charge in [0.15, 0.2) is 5.89 Å². The number of oxazole rings is 1. The van der Waals surface area contributed by atoms with Crippen LogP contribution in [0, 0.1) is 5.92 Å². The molecule has 19 heavy (non-hydrogen) atoms. The first kappa shape index (κ1) is 12.7. The fourth-order valence-corrected chi connectivity index (χ4v) is 2.81. The van der Waals surface area contributed by atoms with E-state index in [1.807, 2.05) is 24.3 Å². The van der Waals surface area contributed by atoms with Crippen LogP contribution in [0.1, 0.15) is 29.3 Å². The second-order valence-corrected chi connectivity index (χ2v) is 5.57. The molecule has 0 radical (unpaired) electrons. The van der Waals surface area contributed by atoms with E-state index in [1.165, 1.54) is 0 Å². The Bertz CT molecular complexity index is 579. The van der Waals surface area contributed by atoms with Crippen LogP contribution in [0.2, 0.25) is 5.02 Å². The Labute approximate surface area is 117 Å². The second kappa shape index (κ2) is 5.35. The number of hydrogen-bond acceptors (Lipinski definition) is 3. The lowest BCUT2D eigenvalue weighted by Gasteiger charge is -2.17. The predicted octanol–water partition coefficient (Wildman–Crippen LogP) is 2.98. The number of halogens is 1. The topological polar surface area (TPSA) is 52.0 Å². The highest BCUT2D eigenvalue weighted by molar-refractivity contribution is 6.30. The molecule has 1 heterocycles. The van der Waals surface area contributed by atoms with Gasteiger partial charge in [0.25, 0.3) is 0 Å². The SMILES string of the molecule is NCC1CCc2oc(Cc3cccc(Cl)c3)nc2C1. The van der Waals surface area contributed by atoms with Gasteiger partial charge in [-0.05, 0) is 43.0 Å². The number of benzene rings is 1. The van der Waals surface area contributed by atoms with Crippen LogP contribution in [-0.4, -0.2) is 11.5 Å². The fourth-order valence-electron chi connectivity index (χ4n) is 2.60. The number of nitrogens with zero attached hydrogens (tertiary/aromatic N) is 1. The molecule has 1 aromatic heterocycles. The molecule has 4 heteroatoms. The Morgan fingerprint density at radius 1 is 1.42 bits per heavy atom. The molecule has 0 saturated carbocycles. The van der Waals surface area contributed by atoms with E-state index in [9.17, 15) is 0 Å². The maximum absolute atomic E-state index is 5.99. The van der Waals surface area contributed by atoms with Gasteiger partial charge >= 0.3 is 0 Å². The maximum atomic E-state index is 5.99. The van der Waals surface area contributed by atoms with Crippen LogP contribution in [0.25, 0.3) is 0 Å². The minimum absolute atomic E-state index is 0.552. The lowest BCUT2D eigenvalue weighted by Crippen LogP contribution is -2.21. The van der Waals surface area contributed by atoms with Crippen molar-refractivity contribution in [1.82, 2.24) is 4.98 Å². The monoisotopic (exact) mass is 276 g/mol. The van der Waals surface area contributed by atoms with Crippen molar-refractivity contribution in [3.63, 3.8) is 0 Å². The molecule has 3 rings (SSSR count). The van der Waals surface area contributed by atoms with Gasteiger partial charge in [0.05, 0.1) is 5.69 Å². The van der Waals surface area contributed by atoms with Crippen molar-refractivity contribution in [2.45, 2.75) is 25.7 Å². The van der Waals surface area contributed by atoms with Crippen LogP contribution in [0.4, 0.5) is 0 Å². The zero-order valence-electron chi connectivity index (χ0n) is 10.7. The quantitative estimate of drug-likeness (QED) is 0.938. The number of nitrogens with two attached hydrogens (primary N) is 1. The molecule has 2 N–H and O–H groups in total. The summed E-state index contributed by atoms with van der Waals surface area (Å²) in [7, 11) is 0. The minimum atomic E-state index is 0.552. The molecular weight excluding hydrogens is 260 g/mol. The summed E-state index contributed by atoms with van der Waals surface area (Å²) in [6, 6.07) is 7.81. The summed E-state index contributed by atoms with van der Waals surface area (Å²) in [6.07, 6.45) is 3.71. The number of aryl methyl sites for hydroxylation is 1. The fraction of sp³-hybridized carbons (Fsp3) is 0.400. The predicted molar refractivity (Wildman–Crippen MR) is 75.3 cm³/mol. The highest BCUT2D eigenvalue weighted by Gasteiger charge is 2.23. The molecular formula is C15H17ClN2O. The second-order valence-electron chi connectivity index (χ2n) is 5.13. The molecule has 1 aliphatic carbocycles. The van der Waals surface area contributed by atoms with E-state index in [4.69, 9.17) is 21.8 Å². The molecule has 0 aliphatic heterocycles. The minimum Gasteiger partial charge on any atom is -0.445 e. The smallest absolute Gasteiger partial charge is 0.199 e. The maximum Gasteiger partial charge on any atom is 0.199 e. The third kappa shape index (κ3) is 2.82. The number of fused-ring (bicyclic) bond motifs is 1. The molecule has 0 amide bonds. The third-order valence-electron chi connectivity index (χ3n) is 3.66. The Morgan fingerprint density at radius 2 is 2.32 bits per heavy atom. The Hall–Kier alpha value is -1.32. The van der Waals surface area contributed by atoms with E-state index in [-0.39, 0.29) is 0 Å². The van der Waals surface area contributed by atoms with Gasteiger partial charge in [-0.1, -0.05) is 23.7 Å². The average Bonchev–Trinajstić information content (AvgIpc) is 2.79. The van der Waals surface area contributed by atoms with Gasteiger partial charge in [0, 0.05) is 17.9 Å². The van der Waals surface area contributed by atoms with Gasteiger partial charge in [-0.2, -0.15) is 0 Å². The first-order valence-electron chi connectivity index (χ1n) is 6.66. The normalized spacial score (nSPS) is 18.3. The number of hydrogen-bond donors (Lipinski definition) is 1. The standard InChI is InChI=1S/C15H17ClN2O/c16-12-3-1-2-10(6-12)8-15-18-13-7-11(9-17)4-5-14(13)19-15/h1-3,6,11H,4-5,7-9,17H2. The summed E-state index contributed by atoms with van der Waals surface area (Å²) in [4.78, 5) is 4.61. The molecule has 1 aliphatic rings. The molecule has 100 valence electrons. The van der Waals surface area contributed by atoms with Gasteiger partial charge < -0.3 is 10.2 Å². The van der Waals surface area contributed by atoms with Gasteiger partial charge in [-0.25, -0.2) is 4.98 Å². The highest BCUT2D eigenvalue weighted by atomic mass is 35.5. The van der Waals surface area contributed by atoms with Crippen molar-refractivity contribution in [3.8, 4) is 0 Å². The first-order valence-corrected chi connectivity index (χ1v) is 7.04. The summed E-state index contributed by atoms with van der Waals surface area (Å²) >= 11 is 5.99. The van der Waals surface area contributed by atoms with Crippen molar-refractivity contribution in [1.29, 1.82) is 0 Å². The number of aromatic nitrogens is 1. The Morgan fingerprint density at radius 3 is 3.11 bits per heavy atom. The van der Waals surface area contributed by atoms with E-state index >= 15 is 0 Å². The highest BCUT2D eigenvalue weighted by Crippen LogP contribution is 2.26. The summed E-state index contributed by atoms with van der Waals surface area (Å²) in [5, 5.41) is 0.747. The molecule has 1 unspecified atom stereocenters. The zero-order chi connectivity index (χ0) is 13.2. The summed E-state index contributed by atoms with van der Waals surface area (Å²) < 4.78 is 5.85. The summed E-state index contributed by atoms with van der Waals surface area (Å²) in [5.41, 5.74) is 7.96. The van der Waals surface area contributed by atoms with E-state index in [2.05, 4.69) is 4.98 Å². The van der Waals surface area contributed by atoms with Crippen molar-refractivity contribution in [2.75, 3.05) is 6.54 Å². The Kier molecular flexibility index (Phi) is 3.58. The molecule has 1 atom stereocenters. The lowest BCUT2D eigenvalue weighted by molar-refractivity contribution is 0.399. The zero-order valence-corrected chi connectivity index (χ0v) is 11.5. The molecule has 0 fully saturated rings. The van der Waals surface area contributed by atoms with Crippen molar-refractivity contribution < 1.29 is 4.42 Å². The lowest BCUT2D eigenvalue weighted by atomic mass is 9.90. The van der Waals surface area contributed by atoms with Crippen LogP contribution >= 0.6 is 11.6 Å². The molecule has 3 nitrogen and oxygen atoms in total. The van der Waals surface area contributed by atoms with Crippen molar-refractivity contribution in [2.24, 2.45) is 11.7 Å². The van der Waals surface area contributed by atoms with Gasteiger partial charge in [-0.15, -0.1) is 0 Å². The van der Waals surface area contributed by atoms with Gasteiger partial charge in [0.2, 0.25) is 0 Å². The molecule has 0 spiro atoms. The van der Waals surface area contributed by atoms with E-state index in [1.54, 1.807) is 0 Å². The Balaban J connectivity index is 1.78. The van der Waals surface area contributed by atoms with Crippen molar-refractivity contribution in [3.05, 3.63) is 52.2 Å². The molecule has 0 saturated heterocycles. The van der Waals surface area contributed by atoms with E-state index in [0.717, 1.165) is 53.7 Å². The molecule has 0 bridgehead atoms. The molecule has 2 aromatic rings. The van der Waals surface area contributed by atoms with E-state index in [0.29, 0.717) is 12.3 Å². The number of rotatable bonds is 3. The van der Waals surface area contributed by atoms with Crippen LogP contribution < -0.4 is 5.73 Å². The van der Waals surface area contributed by atoms with Gasteiger partial charge in [0.1, 0.15) is 5.76 Å². The van der Waals surface area contributed by atoms with Crippen LogP contribution in [0.5, 0.6) is 0 Å². The third-order valence-corrected chi connectivity index (χ3v) is 3.90. The summed E-state index contributed by atoms with van der Waals surface area (Å²) in [6.45, 7) is 0.732. The van der Waals surface area contributed by atoms with Crippen LogP contribution in [-0.2, 0) is 19.3 Å². The first-order chi connectivity index (χ1) is 9.24. The molecule has 1 aromatic carbocycles. The summed E-state index contributed by atoms with van der Waals surface area (Å²) in [5.74, 6) is 2.38. The van der Waals surface area contributed by atoms with Crippen molar-refractivity contribution >= 4 is 11.6 Å².